The van der Waals surface area contributed by atoms with Gasteiger partial charge < -0.3 is 15.0 Å². The van der Waals surface area contributed by atoms with Crippen LogP contribution < -0.4 is 10.2 Å². The molecule has 1 amide bonds. The molecule has 0 spiro atoms. The summed E-state index contributed by atoms with van der Waals surface area (Å²) in [4.78, 5) is 14.5. The van der Waals surface area contributed by atoms with E-state index in [0.717, 1.165) is 18.8 Å². The summed E-state index contributed by atoms with van der Waals surface area (Å²) in [7, 11) is 0. The van der Waals surface area contributed by atoms with E-state index >= 15 is 0 Å². The Morgan fingerprint density at radius 2 is 1.91 bits per heavy atom. The molecule has 120 valence electrons. The molecule has 1 fully saturated rings. The van der Waals surface area contributed by atoms with E-state index < -0.39 is 11.7 Å². The van der Waals surface area contributed by atoms with E-state index in [-0.39, 0.29) is 5.56 Å². The van der Waals surface area contributed by atoms with Gasteiger partial charge in [0.05, 0.1) is 30.2 Å². The van der Waals surface area contributed by atoms with Crippen LogP contribution in [-0.2, 0) is 4.74 Å². The molecule has 0 aromatic heterocycles. The van der Waals surface area contributed by atoms with Gasteiger partial charge in [-0.2, -0.15) is 0 Å². The Morgan fingerprint density at radius 3 is 2.65 bits per heavy atom. The number of carbonyl (C=O) groups excluding carboxylic acids is 1. The zero-order valence-electron chi connectivity index (χ0n) is 12.4. The zero-order chi connectivity index (χ0) is 16.2. The minimum Gasteiger partial charge on any atom is -0.378 e. The molecule has 1 saturated heterocycles. The average Bonchev–Trinajstić information content (AvgIpc) is 2.56. The Bertz CT molecular complexity index is 717. The number of morpholine rings is 1. The van der Waals surface area contributed by atoms with Crippen molar-refractivity contribution in [2.24, 2.45) is 0 Å². The molecule has 0 aliphatic carbocycles. The van der Waals surface area contributed by atoms with Crippen molar-refractivity contribution in [3.63, 3.8) is 0 Å². The van der Waals surface area contributed by atoms with Gasteiger partial charge in [0.25, 0.3) is 5.91 Å². The Hall–Kier alpha value is -2.11. The number of rotatable bonds is 3. The molecule has 1 aliphatic heterocycles. The molecule has 1 heterocycles. The lowest BCUT2D eigenvalue weighted by atomic mass is 10.1. The minimum atomic E-state index is -0.556. The van der Waals surface area contributed by atoms with Crippen LogP contribution in [0, 0.1) is 5.82 Å². The van der Waals surface area contributed by atoms with Gasteiger partial charge in [0.15, 0.2) is 0 Å². The summed E-state index contributed by atoms with van der Waals surface area (Å²) in [6, 6.07) is 11.2. The molecule has 23 heavy (non-hydrogen) atoms. The number of nitrogens with one attached hydrogen (secondary N) is 1. The number of ether oxygens (including phenoxy) is 1. The fourth-order valence-corrected chi connectivity index (χ4v) is 2.70. The fourth-order valence-electron chi connectivity index (χ4n) is 2.52. The molecule has 6 heteroatoms. The van der Waals surface area contributed by atoms with E-state index in [1.54, 1.807) is 24.3 Å². The molecular formula is C17H16ClFN2O2. The Morgan fingerprint density at radius 1 is 1.17 bits per heavy atom. The molecule has 4 nitrogen and oxygen atoms in total. The lowest BCUT2D eigenvalue weighted by molar-refractivity contribution is 0.102. The van der Waals surface area contributed by atoms with E-state index in [1.807, 2.05) is 6.07 Å². The van der Waals surface area contributed by atoms with E-state index in [1.165, 1.54) is 12.1 Å². The SMILES string of the molecule is O=C(Nc1cc(Cl)ccc1N1CCOCC1)c1ccccc1F. The quantitative estimate of drug-likeness (QED) is 0.933. The second-order valence-electron chi connectivity index (χ2n) is 5.19. The number of halogens is 2. The van der Waals surface area contributed by atoms with E-state index in [2.05, 4.69) is 10.2 Å². The summed E-state index contributed by atoms with van der Waals surface area (Å²) in [6.07, 6.45) is 0. The summed E-state index contributed by atoms with van der Waals surface area (Å²) < 4.78 is 19.1. The van der Waals surface area contributed by atoms with Crippen LogP contribution in [0.15, 0.2) is 42.5 Å². The third kappa shape index (κ3) is 3.63. The molecule has 2 aromatic carbocycles. The molecule has 3 rings (SSSR count). The number of amides is 1. The van der Waals surface area contributed by atoms with E-state index in [9.17, 15) is 9.18 Å². The topological polar surface area (TPSA) is 41.6 Å². The largest absolute Gasteiger partial charge is 0.378 e. The number of anilines is 2. The first-order valence-corrected chi connectivity index (χ1v) is 7.71. The minimum absolute atomic E-state index is 0.000373. The molecule has 0 atom stereocenters. The molecule has 0 bridgehead atoms. The van der Waals surface area contributed by atoms with Gasteiger partial charge >= 0.3 is 0 Å². The predicted molar refractivity (Wildman–Crippen MR) is 88.8 cm³/mol. The lowest BCUT2D eigenvalue weighted by Crippen LogP contribution is -2.36. The number of hydrogen-bond donors (Lipinski definition) is 1. The molecule has 2 aromatic rings. The van der Waals surface area contributed by atoms with Crippen molar-refractivity contribution >= 4 is 28.9 Å². The van der Waals surface area contributed by atoms with Crippen molar-refractivity contribution in [1.82, 2.24) is 0 Å². The van der Waals surface area contributed by atoms with Gasteiger partial charge in [0.1, 0.15) is 5.82 Å². The van der Waals surface area contributed by atoms with Crippen molar-refractivity contribution < 1.29 is 13.9 Å². The van der Waals surface area contributed by atoms with Crippen molar-refractivity contribution in [2.45, 2.75) is 0 Å². The first kappa shape index (κ1) is 15.8. The molecule has 0 radical (unpaired) electrons. The number of carbonyl (C=O) groups is 1. The maximum atomic E-state index is 13.8. The Labute approximate surface area is 138 Å². The van der Waals surface area contributed by atoms with Crippen LogP contribution in [0.2, 0.25) is 5.02 Å². The summed E-state index contributed by atoms with van der Waals surface area (Å²) in [6.45, 7) is 2.71. The number of nitrogens with zero attached hydrogens (tertiary/aromatic N) is 1. The van der Waals surface area contributed by atoms with Gasteiger partial charge in [-0.05, 0) is 30.3 Å². The third-order valence-corrected chi connectivity index (χ3v) is 3.91. The van der Waals surface area contributed by atoms with Crippen molar-refractivity contribution in [3.8, 4) is 0 Å². The van der Waals surface area contributed by atoms with Crippen molar-refractivity contribution in [1.29, 1.82) is 0 Å². The fraction of sp³-hybridized carbons (Fsp3) is 0.235. The van der Waals surface area contributed by atoms with Crippen LogP contribution in [-0.4, -0.2) is 32.2 Å². The zero-order valence-corrected chi connectivity index (χ0v) is 13.1. The summed E-state index contributed by atoms with van der Waals surface area (Å²) in [5, 5.41) is 3.27. The van der Waals surface area contributed by atoms with Gasteiger partial charge in [-0.25, -0.2) is 4.39 Å². The van der Waals surface area contributed by atoms with Gasteiger partial charge in [0.2, 0.25) is 0 Å². The second kappa shape index (κ2) is 6.98. The van der Waals surface area contributed by atoms with E-state index in [4.69, 9.17) is 16.3 Å². The standard InChI is InChI=1S/C17H16ClFN2O2/c18-12-5-6-16(21-7-9-23-10-8-21)15(11-12)20-17(22)13-3-1-2-4-14(13)19/h1-6,11H,7-10H2,(H,20,22). The molecule has 1 aliphatic rings. The highest BCUT2D eigenvalue weighted by Crippen LogP contribution is 2.30. The first-order chi connectivity index (χ1) is 11.1. The summed E-state index contributed by atoms with van der Waals surface area (Å²) in [5.74, 6) is -1.06. The summed E-state index contributed by atoms with van der Waals surface area (Å²) >= 11 is 6.05. The van der Waals surface area contributed by atoms with Crippen LogP contribution in [0.5, 0.6) is 0 Å². The highest BCUT2D eigenvalue weighted by Gasteiger charge is 2.18. The van der Waals surface area contributed by atoms with Crippen LogP contribution in [0.1, 0.15) is 10.4 Å². The van der Waals surface area contributed by atoms with Crippen LogP contribution in [0.25, 0.3) is 0 Å². The van der Waals surface area contributed by atoms with Gasteiger partial charge in [0, 0.05) is 18.1 Å². The smallest absolute Gasteiger partial charge is 0.258 e. The monoisotopic (exact) mass is 334 g/mol. The Kier molecular flexibility index (Phi) is 4.79. The van der Waals surface area contributed by atoms with Crippen LogP contribution >= 0.6 is 11.6 Å². The molecule has 0 saturated carbocycles. The first-order valence-electron chi connectivity index (χ1n) is 7.33. The van der Waals surface area contributed by atoms with E-state index in [0.29, 0.717) is 23.9 Å². The predicted octanol–water partition coefficient (Wildman–Crippen LogP) is 3.57. The second-order valence-corrected chi connectivity index (χ2v) is 5.63. The van der Waals surface area contributed by atoms with Crippen LogP contribution in [0.4, 0.5) is 15.8 Å². The van der Waals surface area contributed by atoms with Gasteiger partial charge in [-0.3, -0.25) is 4.79 Å². The lowest BCUT2D eigenvalue weighted by Gasteiger charge is -2.30. The van der Waals surface area contributed by atoms with Gasteiger partial charge in [-0.1, -0.05) is 23.7 Å². The molecule has 1 N–H and O–H groups in total. The average molecular weight is 335 g/mol. The third-order valence-electron chi connectivity index (χ3n) is 3.68. The maximum absolute atomic E-state index is 13.8. The van der Waals surface area contributed by atoms with Gasteiger partial charge in [-0.15, -0.1) is 0 Å². The summed E-state index contributed by atoms with van der Waals surface area (Å²) in [5.41, 5.74) is 1.41. The maximum Gasteiger partial charge on any atom is 0.258 e. The Balaban J connectivity index is 1.88. The number of benzene rings is 2. The highest BCUT2D eigenvalue weighted by atomic mass is 35.5. The highest BCUT2D eigenvalue weighted by molar-refractivity contribution is 6.31. The molecular weight excluding hydrogens is 319 g/mol. The van der Waals surface area contributed by atoms with Crippen LogP contribution in [0.3, 0.4) is 0 Å². The molecule has 0 unspecified atom stereocenters. The van der Waals surface area contributed by atoms with Crippen molar-refractivity contribution in [3.05, 3.63) is 58.9 Å². The number of hydrogen-bond acceptors (Lipinski definition) is 3. The van der Waals surface area contributed by atoms with Crippen molar-refractivity contribution in [2.75, 3.05) is 36.5 Å². The normalized spacial score (nSPS) is 14.6.